The van der Waals surface area contributed by atoms with E-state index in [1.807, 2.05) is 11.6 Å². The highest BCUT2D eigenvalue weighted by Gasteiger charge is 2.35. The van der Waals surface area contributed by atoms with Crippen molar-refractivity contribution in [1.29, 1.82) is 0 Å². The van der Waals surface area contributed by atoms with Crippen molar-refractivity contribution in [2.24, 2.45) is 0 Å². The minimum absolute atomic E-state index is 0.489. The zero-order valence-corrected chi connectivity index (χ0v) is 11.6. The van der Waals surface area contributed by atoms with Gasteiger partial charge in [-0.2, -0.15) is 5.10 Å². The number of nitrogen functional groups attached to an aromatic ring is 1. The highest BCUT2D eigenvalue weighted by molar-refractivity contribution is 14.1. The van der Waals surface area contributed by atoms with Crippen LogP contribution >= 0.6 is 22.6 Å². The molecule has 1 aromatic rings. The largest absolute Gasteiger partial charge is 0.383 e. The maximum Gasteiger partial charge on any atom is 0.135 e. The van der Waals surface area contributed by atoms with Crippen molar-refractivity contribution in [3.8, 4) is 0 Å². The van der Waals surface area contributed by atoms with Gasteiger partial charge < -0.3 is 5.73 Å². The molecule has 0 spiro atoms. The van der Waals surface area contributed by atoms with Crippen LogP contribution in [0.5, 0.6) is 0 Å². The molecule has 88 valence electrons. The Morgan fingerprint density at radius 3 is 2.62 bits per heavy atom. The summed E-state index contributed by atoms with van der Waals surface area (Å²) >= 11 is 2.29. The molecular weight excluding hydrogens is 315 g/mol. The molecule has 1 atom stereocenters. The molecule has 16 heavy (non-hydrogen) atoms. The summed E-state index contributed by atoms with van der Waals surface area (Å²) in [6.07, 6.45) is 3.97. The number of halogens is 1. The van der Waals surface area contributed by atoms with E-state index >= 15 is 0 Å². The van der Waals surface area contributed by atoms with Gasteiger partial charge in [0.05, 0.1) is 15.3 Å². The Morgan fingerprint density at radius 2 is 2.06 bits per heavy atom. The quantitative estimate of drug-likeness (QED) is 0.840. The molecule has 1 aromatic heterocycles. The summed E-state index contributed by atoms with van der Waals surface area (Å²) in [7, 11) is 0. The lowest BCUT2D eigenvalue weighted by atomic mass is 10.3. The molecule has 2 fully saturated rings. The number of likely N-dealkylation sites (tertiary alicyclic amines) is 1. The number of hydrogen-bond acceptors (Lipinski definition) is 3. The molecule has 2 heterocycles. The smallest absolute Gasteiger partial charge is 0.135 e. The van der Waals surface area contributed by atoms with E-state index in [-0.39, 0.29) is 0 Å². The first kappa shape index (κ1) is 10.8. The number of aromatic nitrogens is 2. The monoisotopic (exact) mass is 332 g/mol. The van der Waals surface area contributed by atoms with Crippen LogP contribution in [0, 0.1) is 10.5 Å². The lowest BCUT2D eigenvalue weighted by Gasteiger charge is -2.15. The van der Waals surface area contributed by atoms with Gasteiger partial charge in [-0.3, -0.25) is 4.90 Å². The van der Waals surface area contributed by atoms with Gasteiger partial charge in [0.25, 0.3) is 0 Å². The molecular formula is C11H17IN4. The Kier molecular flexibility index (Phi) is 2.62. The van der Waals surface area contributed by atoms with E-state index in [0.717, 1.165) is 27.7 Å². The first-order valence-electron chi connectivity index (χ1n) is 5.91. The second kappa shape index (κ2) is 3.87. The summed E-state index contributed by atoms with van der Waals surface area (Å²) in [5.41, 5.74) is 7.15. The van der Waals surface area contributed by atoms with E-state index in [9.17, 15) is 0 Å². The van der Waals surface area contributed by atoms with Gasteiger partial charge in [0.1, 0.15) is 5.82 Å². The van der Waals surface area contributed by atoms with E-state index in [0.29, 0.717) is 6.04 Å². The first-order chi connectivity index (χ1) is 7.66. The molecule has 3 rings (SSSR count). The molecule has 1 saturated heterocycles. The average molecular weight is 332 g/mol. The zero-order chi connectivity index (χ0) is 11.3. The second-order valence-corrected chi connectivity index (χ2v) is 5.98. The Balaban J connectivity index is 1.79. The summed E-state index contributed by atoms with van der Waals surface area (Å²) in [6.45, 7) is 4.37. The zero-order valence-electron chi connectivity index (χ0n) is 9.49. The van der Waals surface area contributed by atoms with Crippen LogP contribution in [0.2, 0.25) is 0 Å². The fourth-order valence-corrected chi connectivity index (χ4v) is 2.92. The van der Waals surface area contributed by atoms with Gasteiger partial charge in [0.2, 0.25) is 0 Å². The van der Waals surface area contributed by atoms with Gasteiger partial charge >= 0.3 is 0 Å². The fourth-order valence-electron chi connectivity index (χ4n) is 2.56. The van der Waals surface area contributed by atoms with Crippen molar-refractivity contribution < 1.29 is 0 Å². The molecule has 0 aromatic carbocycles. The number of hydrogen-bond donors (Lipinski definition) is 1. The first-order valence-corrected chi connectivity index (χ1v) is 6.99. The molecule has 0 radical (unpaired) electrons. The third-order valence-corrected chi connectivity index (χ3v) is 4.98. The average Bonchev–Trinajstić information content (AvgIpc) is 2.96. The molecule has 2 aliphatic rings. The lowest BCUT2D eigenvalue weighted by molar-refractivity contribution is 0.310. The molecule has 1 unspecified atom stereocenters. The summed E-state index contributed by atoms with van der Waals surface area (Å²) in [5, 5.41) is 4.56. The van der Waals surface area contributed by atoms with Gasteiger partial charge in [-0.15, -0.1) is 0 Å². The van der Waals surface area contributed by atoms with Crippen LogP contribution in [0.4, 0.5) is 5.82 Å². The summed E-state index contributed by atoms with van der Waals surface area (Å²) < 4.78 is 3.15. The Hall–Kier alpha value is -0.300. The van der Waals surface area contributed by atoms with Crippen LogP contribution in [-0.2, 0) is 0 Å². The van der Waals surface area contributed by atoms with Crippen LogP contribution < -0.4 is 5.73 Å². The Morgan fingerprint density at radius 1 is 1.31 bits per heavy atom. The minimum atomic E-state index is 0.489. The van der Waals surface area contributed by atoms with Gasteiger partial charge in [-0.05, 0) is 48.8 Å². The molecule has 5 heteroatoms. The lowest BCUT2D eigenvalue weighted by Crippen LogP contribution is -2.24. The molecule has 4 nitrogen and oxygen atoms in total. The predicted molar refractivity (Wildman–Crippen MR) is 72.3 cm³/mol. The highest BCUT2D eigenvalue weighted by Crippen LogP contribution is 2.34. The van der Waals surface area contributed by atoms with Crippen molar-refractivity contribution in [2.45, 2.75) is 38.3 Å². The number of aryl methyl sites for hydroxylation is 1. The minimum Gasteiger partial charge on any atom is -0.383 e. The van der Waals surface area contributed by atoms with E-state index in [1.54, 1.807) is 0 Å². The van der Waals surface area contributed by atoms with Crippen molar-refractivity contribution in [1.82, 2.24) is 14.7 Å². The Bertz CT molecular complexity index is 410. The topological polar surface area (TPSA) is 47.1 Å². The summed E-state index contributed by atoms with van der Waals surface area (Å²) in [4.78, 5) is 2.59. The number of anilines is 1. The van der Waals surface area contributed by atoms with E-state index in [4.69, 9.17) is 5.73 Å². The van der Waals surface area contributed by atoms with Crippen molar-refractivity contribution in [2.75, 3.05) is 18.8 Å². The van der Waals surface area contributed by atoms with Crippen LogP contribution in [0.25, 0.3) is 0 Å². The summed E-state index contributed by atoms with van der Waals surface area (Å²) in [6, 6.07) is 1.35. The van der Waals surface area contributed by atoms with Crippen molar-refractivity contribution in [3.63, 3.8) is 0 Å². The molecule has 1 saturated carbocycles. The number of nitrogens with two attached hydrogens (primary N) is 1. The molecule has 0 amide bonds. The van der Waals surface area contributed by atoms with E-state index in [2.05, 4.69) is 32.6 Å². The third kappa shape index (κ3) is 1.73. The number of rotatable bonds is 2. The normalized spacial score (nSPS) is 26.5. The molecule has 0 bridgehead atoms. The van der Waals surface area contributed by atoms with E-state index in [1.165, 1.54) is 25.8 Å². The maximum absolute atomic E-state index is 6.09. The van der Waals surface area contributed by atoms with Crippen molar-refractivity contribution in [3.05, 3.63) is 9.26 Å². The van der Waals surface area contributed by atoms with Crippen LogP contribution in [0.1, 0.15) is 31.0 Å². The van der Waals surface area contributed by atoms with Gasteiger partial charge in [-0.1, -0.05) is 0 Å². The van der Waals surface area contributed by atoms with E-state index < -0.39 is 0 Å². The third-order valence-electron chi connectivity index (χ3n) is 3.65. The van der Waals surface area contributed by atoms with Crippen LogP contribution in [0.3, 0.4) is 0 Å². The molecule has 1 aliphatic heterocycles. The Labute approximate surface area is 109 Å². The van der Waals surface area contributed by atoms with Gasteiger partial charge in [0, 0.05) is 19.1 Å². The molecule has 2 N–H and O–H groups in total. The molecule has 1 aliphatic carbocycles. The SMILES string of the molecule is Cc1nn(C2CCN(C3CC3)C2)c(N)c1I. The highest BCUT2D eigenvalue weighted by atomic mass is 127. The summed E-state index contributed by atoms with van der Waals surface area (Å²) in [5.74, 6) is 0.848. The standard InChI is InChI=1S/C11H17IN4/c1-7-10(12)11(13)16(14-7)9-4-5-15(6-9)8-2-3-8/h8-9H,2-6,13H2,1H3. The maximum atomic E-state index is 6.09. The van der Waals surface area contributed by atoms with Gasteiger partial charge in [-0.25, -0.2) is 4.68 Å². The number of nitrogens with zero attached hydrogens (tertiary/aromatic N) is 3. The van der Waals surface area contributed by atoms with Crippen molar-refractivity contribution >= 4 is 28.4 Å². The second-order valence-electron chi connectivity index (χ2n) is 4.90. The predicted octanol–water partition coefficient (Wildman–Crippen LogP) is 1.79. The van der Waals surface area contributed by atoms with Crippen LogP contribution in [0.15, 0.2) is 0 Å². The van der Waals surface area contributed by atoms with Crippen LogP contribution in [-0.4, -0.2) is 33.8 Å². The van der Waals surface area contributed by atoms with Gasteiger partial charge in [0.15, 0.2) is 0 Å². The fraction of sp³-hybridized carbons (Fsp3) is 0.727.